The Morgan fingerprint density at radius 1 is 1.64 bits per heavy atom. The standard InChI is InChI=1S/C10H9N3O/c1-7-2-3-8(6-11)9(13-7)4-5-10(12)14/h2-5H,1H3,(H2,12,14)/b5-4+. The third-order valence-electron chi connectivity index (χ3n) is 1.59. The SMILES string of the molecule is Cc1ccc(C#N)c(/C=C/C(N)=O)n1. The van der Waals surface area contributed by atoms with Crippen LogP contribution in [0.2, 0.25) is 0 Å². The maximum atomic E-state index is 10.5. The van der Waals surface area contributed by atoms with Crippen LogP contribution in [0.4, 0.5) is 0 Å². The van der Waals surface area contributed by atoms with E-state index in [1.807, 2.05) is 13.0 Å². The van der Waals surface area contributed by atoms with Gasteiger partial charge in [0.15, 0.2) is 0 Å². The molecule has 0 fully saturated rings. The maximum Gasteiger partial charge on any atom is 0.241 e. The van der Waals surface area contributed by atoms with E-state index in [4.69, 9.17) is 11.0 Å². The highest BCUT2D eigenvalue weighted by molar-refractivity contribution is 5.90. The fourth-order valence-corrected chi connectivity index (χ4v) is 0.959. The minimum Gasteiger partial charge on any atom is -0.366 e. The van der Waals surface area contributed by atoms with Gasteiger partial charge >= 0.3 is 0 Å². The summed E-state index contributed by atoms with van der Waals surface area (Å²) in [6, 6.07) is 5.37. The minimum absolute atomic E-state index is 0.424. The Morgan fingerprint density at radius 2 is 2.36 bits per heavy atom. The highest BCUT2D eigenvalue weighted by atomic mass is 16.1. The molecule has 0 aromatic carbocycles. The first-order chi connectivity index (χ1) is 6.63. The number of hydrogen-bond acceptors (Lipinski definition) is 3. The van der Waals surface area contributed by atoms with E-state index >= 15 is 0 Å². The van der Waals surface area contributed by atoms with Crippen molar-refractivity contribution in [2.24, 2.45) is 5.73 Å². The summed E-state index contributed by atoms with van der Waals surface area (Å²) in [6.07, 6.45) is 2.62. The van der Waals surface area contributed by atoms with Gasteiger partial charge in [-0.2, -0.15) is 5.26 Å². The molecule has 0 radical (unpaired) electrons. The second-order valence-corrected chi connectivity index (χ2v) is 2.73. The Kier molecular flexibility index (Phi) is 2.97. The van der Waals surface area contributed by atoms with E-state index < -0.39 is 5.91 Å². The predicted octanol–water partition coefficient (Wildman–Crippen LogP) is 0.760. The van der Waals surface area contributed by atoms with Crippen molar-refractivity contribution in [3.05, 3.63) is 35.2 Å². The van der Waals surface area contributed by atoms with Crippen molar-refractivity contribution in [2.45, 2.75) is 6.92 Å². The summed E-state index contributed by atoms with van der Waals surface area (Å²) in [5.74, 6) is -0.558. The number of nitrogens with two attached hydrogens (primary N) is 1. The van der Waals surface area contributed by atoms with Crippen molar-refractivity contribution in [3.63, 3.8) is 0 Å². The first kappa shape index (κ1) is 9.93. The van der Waals surface area contributed by atoms with Gasteiger partial charge in [-0.15, -0.1) is 0 Å². The lowest BCUT2D eigenvalue weighted by Gasteiger charge is -1.97. The number of nitriles is 1. The van der Waals surface area contributed by atoms with Crippen LogP contribution < -0.4 is 5.73 Å². The van der Waals surface area contributed by atoms with Crippen LogP contribution in [0.5, 0.6) is 0 Å². The van der Waals surface area contributed by atoms with Crippen LogP contribution in [0.25, 0.3) is 6.08 Å². The lowest BCUT2D eigenvalue weighted by molar-refractivity contribution is -0.113. The van der Waals surface area contributed by atoms with Gasteiger partial charge in [0, 0.05) is 11.8 Å². The number of nitrogens with zero attached hydrogens (tertiary/aromatic N) is 2. The van der Waals surface area contributed by atoms with Gasteiger partial charge in [0.1, 0.15) is 6.07 Å². The molecule has 0 unspecified atom stereocenters. The Balaban J connectivity index is 3.13. The molecular formula is C10H9N3O. The minimum atomic E-state index is -0.558. The maximum absolute atomic E-state index is 10.5. The molecule has 2 N–H and O–H groups in total. The summed E-state index contributed by atoms with van der Waals surface area (Å²) < 4.78 is 0. The number of aromatic nitrogens is 1. The van der Waals surface area contributed by atoms with E-state index in [9.17, 15) is 4.79 Å². The topological polar surface area (TPSA) is 79.8 Å². The number of pyridine rings is 1. The van der Waals surface area contributed by atoms with Crippen molar-refractivity contribution in [2.75, 3.05) is 0 Å². The van der Waals surface area contributed by atoms with Crippen LogP contribution >= 0.6 is 0 Å². The van der Waals surface area contributed by atoms with Gasteiger partial charge in [-0.1, -0.05) is 0 Å². The van der Waals surface area contributed by atoms with E-state index in [-0.39, 0.29) is 0 Å². The molecule has 1 amide bonds. The van der Waals surface area contributed by atoms with Crippen LogP contribution in [-0.2, 0) is 4.79 Å². The molecule has 1 aromatic rings. The molecule has 14 heavy (non-hydrogen) atoms. The molecule has 1 aromatic heterocycles. The number of hydrogen-bond donors (Lipinski definition) is 1. The molecule has 0 spiro atoms. The summed E-state index contributed by atoms with van der Waals surface area (Å²) in [7, 11) is 0. The highest BCUT2D eigenvalue weighted by Crippen LogP contribution is 2.07. The molecule has 1 rings (SSSR count). The molecule has 0 bridgehead atoms. The second-order valence-electron chi connectivity index (χ2n) is 2.73. The van der Waals surface area contributed by atoms with Gasteiger partial charge in [0.25, 0.3) is 0 Å². The average Bonchev–Trinajstić information content (AvgIpc) is 2.15. The first-order valence-electron chi connectivity index (χ1n) is 3.98. The normalized spacial score (nSPS) is 10.0. The number of carbonyl (C=O) groups excluding carboxylic acids is 1. The molecule has 0 aliphatic carbocycles. The summed E-state index contributed by atoms with van der Waals surface area (Å²) in [5.41, 5.74) is 6.61. The largest absolute Gasteiger partial charge is 0.366 e. The zero-order chi connectivity index (χ0) is 10.6. The van der Waals surface area contributed by atoms with Crippen LogP contribution in [-0.4, -0.2) is 10.9 Å². The van der Waals surface area contributed by atoms with Gasteiger partial charge in [0.05, 0.1) is 11.3 Å². The molecule has 0 saturated heterocycles. The first-order valence-corrected chi connectivity index (χ1v) is 3.98. The quantitative estimate of drug-likeness (QED) is 0.694. The van der Waals surface area contributed by atoms with E-state index in [1.54, 1.807) is 12.1 Å². The van der Waals surface area contributed by atoms with Crippen molar-refractivity contribution < 1.29 is 4.79 Å². The van der Waals surface area contributed by atoms with Crippen LogP contribution in [0.3, 0.4) is 0 Å². The van der Waals surface area contributed by atoms with Crippen molar-refractivity contribution in [3.8, 4) is 6.07 Å². The average molecular weight is 187 g/mol. The Bertz CT molecular complexity index is 429. The molecule has 0 aliphatic rings. The fourth-order valence-electron chi connectivity index (χ4n) is 0.959. The second kappa shape index (κ2) is 4.19. The molecule has 4 nitrogen and oxygen atoms in total. The third kappa shape index (κ3) is 2.42. The summed E-state index contributed by atoms with van der Waals surface area (Å²) >= 11 is 0. The molecular weight excluding hydrogens is 178 g/mol. The zero-order valence-electron chi connectivity index (χ0n) is 7.69. The lowest BCUT2D eigenvalue weighted by Crippen LogP contribution is -2.05. The number of carbonyl (C=O) groups is 1. The number of primary amides is 1. The summed E-state index contributed by atoms with van der Waals surface area (Å²) in [4.78, 5) is 14.6. The van der Waals surface area contributed by atoms with Gasteiger partial charge in [-0.05, 0) is 25.1 Å². The number of amides is 1. The molecule has 70 valence electrons. The van der Waals surface area contributed by atoms with Crippen LogP contribution in [0.15, 0.2) is 18.2 Å². The van der Waals surface area contributed by atoms with E-state index in [0.29, 0.717) is 11.3 Å². The molecule has 0 aliphatic heterocycles. The Hall–Kier alpha value is -2.15. The Morgan fingerprint density at radius 3 is 2.93 bits per heavy atom. The lowest BCUT2D eigenvalue weighted by atomic mass is 10.2. The van der Waals surface area contributed by atoms with Gasteiger partial charge in [0.2, 0.25) is 5.91 Å². The van der Waals surface area contributed by atoms with Crippen LogP contribution in [0.1, 0.15) is 17.0 Å². The Labute approximate surface area is 81.7 Å². The van der Waals surface area contributed by atoms with Crippen molar-refractivity contribution >= 4 is 12.0 Å². The summed E-state index contributed by atoms with van der Waals surface area (Å²) in [6.45, 7) is 1.81. The molecule has 4 heteroatoms. The highest BCUT2D eigenvalue weighted by Gasteiger charge is 2.00. The van der Waals surface area contributed by atoms with E-state index in [2.05, 4.69) is 4.98 Å². The molecule has 0 saturated carbocycles. The summed E-state index contributed by atoms with van der Waals surface area (Å²) in [5, 5.41) is 8.73. The smallest absolute Gasteiger partial charge is 0.241 e. The molecule has 0 atom stereocenters. The monoisotopic (exact) mass is 187 g/mol. The predicted molar refractivity (Wildman–Crippen MR) is 51.9 cm³/mol. The van der Waals surface area contributed by atoms with Crippen molar-refractivity contribution in [1.29, 1.82) is 5.26 Å². The van der Waals surface area contributed by atoms with E-state index in [1.165, 1.54) is 12.2 Å². The number of rotatable bonds is 2. The van der Waals surface area contributed by atoms with Gasteiger partial charge in [-0.25, -0.2) is 0 Å². The van der Waals surface area contributed by atoms with Gasteiger partial charge in [-0.3, -0.25) is 9.78 Å². The van der Waals surface area contributed by atoms with Gasteiger partial charge < -0.3 is 5.73 Å². The fraction of sp³-hybridized carbons (Fsp3) is 0.100. The van der Waals surface area contributed by atoms with E-state index in [0.717, 1.165) is 5.69 Å². The zero-order valence-corrected chi connectivity index (χ0v) is 7.69. The number of aryl methyl sites for hydroxylation is 1. The van der Waals surface area contributed by atoms with Crippen LogP contribution in [0, 0.1) is 18.3 Å². The third-order valence-corrected chi connectivity index (χ3v) is 1.59. The van der Waals surface area contributed by atoms with Crippen molar-refractivity contribution in [1.82, 2.24) is 4.98 Å². The molecule has 1 heterocycles.